The summed E-state index contributed by atoms with van der Waals surface area (Å²) >= 11 is 1.91. The molecule has 1 amide bonds. The van der Waals surface area contributed by atoms with Crippen LogP contribution in [-0.4, -0.2) is 23.9 Å². The monoisotopic (exact) mass is 339 g/mol. The van der Waals surface area contributed by atoms with Crippen LogP contribution < -0.4 is 0 Å². The quantitative estimate of drug-likeness (QED) is 0.769. The van der Waals surface area contributed by atoms with Gasteiger partial charge in [-0.05, 0) is 54.5 Å². The van der Waals surface area contributed by atoms with Crippen molar-refractivity contribution in [2.24, 2.45) is 0 Å². The Balaban J connectivity index is 1.73. The molecule has 2 nitrogen and oxygen atoms in total. The van der Waals surface area contributed by atoms with Gasteiger partial charge >= 0.3 is 0 Å². The van der Waals surface area contributed by atoms with Gasteiger partial charge in [0.2, 0.25) is 5.91 Å². The van der Waals surface area contributed by atoms with Crippen molar-refractivity contribution in [2.45, 2.75) is 57.4 Å². The number of hydrogen-bond donors (Lipinski definition) is 0. The van der Waals surface area contributed by atoms with Gasteiger partial charge in [0, 0.05) is 34.7 Å². The molecule has 1 aromatic carbocycles. The van der Waals surface area contributed by atoms with Crippen molar-refractivity contribution in [3.05, 3.63) is 46.3 Å². The molecule has 2 aromatic rings. The maximum Gasteiger partial charge on any atom is 0.222 e. The number of likely N-dealkylation sites (tertiary alicyclic amines) is 1. The summed E-state index contributed by atoms with van der Waals surface area (Å²) in [6.45, 7) is 4.57. The summed E-state index contributed by atoms with van der Waals surface area (Å²) in [7, 11) is 1.99. The fourth-order valence-electron chi connectivity index (χ4n) is 4.66. The Bertz CT molecular complexity index is 793. The van der Waals surface area contributed by atoms with E-state index in [1.165, 1.54) is 26.4 Å². The van der Waals surface area contributed by atoms with Crippen LogP contribution in [0.4, 0.5) is 0 Å². The van der Waals surface area contributed by atoms with Crippen LogP contribution >= 0.6 is 11.3 Å². The van der Waals surface area contributed by atoms with Gasteiger partial charge in [-0.15, -0.1) is 11.3 Å². The molecule has 2 heterocycles. The van der Waals surface area contributed by atoms with Crippen molar-refractivity contribution in [1.29, 1.82) is 0 Å². The molecule has 126 valence electrons. The zero-order valence-electron chi connectivity index (χ0n) is 14.8. The summed E-state index contributed by atoms with van der Waals surface area (Å²) in [6.07, 6.45) is 4.92. The highest BCUT2D eigenvalue weighted by Gasteiger charge is 2.46. The van der Waals surface area contributed by atoms with Crippen LogP contribution in [0.2, 0.25) is 0 Å². The van der Waals surface area contributed by atoms with Gasteiger partial charge < -0.3 is 4.90 Å². The number of nitrogens with zero attached hydrogens (tertiary/aromatic N) is 1. The average Bonchev–Trinajstić information content (AvgIpc) is 3.07. The van der Waals surface area contributed by atoms with E-state index in [0.717, 1.165) is 25.7 Å². The van der Waals surface area contributed by atoms with Crippen molar-refractivity contribution in [3.63, 3.8) is 0 Å². The van der Waals surface area contributed by atoms with Gasteiger partial charge in [0.05, 0.1) is 0 Å². The molecular formula is C21H25NOS. The molecule has 1 saturated heterocycles. The lowest BCUT2D eigenvalue weighted by molar-refractivity contribution is -0.138. The molecule has 2 aliphatic rings. The van der Waals surface area contributed by atoms with E-state index in [9.17, 15) is 4.79 Å². The Labute approximate surface area is 148 Å². The van der Waals surface area contributed by atoms with Gasteiger partial charge in [-0.3, -0.25) is 4.79 Å². The Hall–Kier alpha value is -1.61. The molecule has 3 heteroatoms. The fraction of sp³-hybridized carbons (Fsp3) is 0.476. The summed E-state index contributed by atoms with van der Waals surface area (Å²) in [5, 5.41) is 0. The summed E-state index contributed by atoms with van der Waals surface area (Å²) in [5.74, 6) is 0.309. The summed E-state index contributed by atoms with van der Waals surface area (Å²) < 4.78 is 0. The number of likely N-dealkylation sites (N-methyl/N-ethyl adjacent to an activating group) is 1. The molecule has 1 aliphatic carbocycles. The van der Waals surface area contributed by atoms with Crippen molar-refractivity contribution in [2.75, 3.05) is 7.05 Å². The predicted molar refractivity (Wildman–Crippen MR) is 101 cm³/mol. The third-order valence-corrected chi connectivity index (χ3v) is 7.44. The number of fused-ring (bicyclic) bond motifs is 3. The molecule has 1 unspecified atom stereocenters. The standard InChI is InChI=1S/C21H25NOS/c1-4-16-7-9-18(24-16)15-5-8-17-14(13-15)6-10-19-21(17,2)12-11-20(23)22(19)3/h5,7-9,13,19H,4,6,10-12H2,1-3H3/t19?,21-/m1/s1. The Kier molecular flexibility index (Phi) is 3.80. The maximum absolute atomic E-state index is 12.1. The molecule has 0 bridgehead atoms. The number of hydrogen-bond acceptors (Lipinski definition) is 2. The summed E-state index contributed by atoms with van der Waals surface area (Å²) in [5.41, 5.74) is 4.41. The number of benzene rings is 1. The Morgan fingerprint density at radius 3 is 2.83 bits per heavy atom. The zero-order chi connectivity index (χ0) is 16.9. The van der Waals surface area contributed by atoms with E-state index >= 15 is 0 Å². The SMILES string of the molecule is CCc1ccc(-c2ccc3c(c2)CCC2N(C)C(=O)CC[C@]32C)s1. The second kappa shape index (κ2) is 5.73. The number of amides is 1. The molecule has 1 fully saturated rings. The van der Waals surface area contributed by atoms with Crippen LogP contribution in [0.5, 0.6) is 0 Å². The number of piperidine rings is 1. The highest BCUT2D eigenvalue weighted by molar-refractivity contribution is 7.15. The minimum absolute atomic E-state index is 0.110. The molecule has 1 aliphatic heterocycles. The van der Waals surface area contributed by atoms with Gasteiger partial charge in [-0.2, -0.15) is 0 Å². The average molecular weight is 340 g/mol. The van der Waals surface area contributed by atoms with Crippen molar-refractivity contribution >= 4 is 17.2 Å². The van der Waals surface area contributed by atoms with Gasteiger partial charge in [-0.1, -0.05) is 32.0 Å². The van der Waals surface area contributed by atoms with E-state index in [0.29, 0.717) is 18.4 Å². The van der Waals surface area contributed by atoms with Crippen molar-refractivity contribution < 1.29 is 4.79 Å². The fourth-order valence-corrected chi connectivity index (χ4v) is 5.61. The zero-order valence-corrected chi connectivity index (χ0v) is 15.6. The molecule has 1 aromatic heterocycles. The van der Waals surface area contributed by atoms with Crippen LogP contribution in [-0.2, 0) is 23.1 Å². The minimum Gasteiger partial charge on any atom is -0.342 e. The topological polar surface area (TPSA) is 20.3 Å². The van der Waals surface area contributed by atoms with Crippen LogP contribution in [0.1, 0.15) is 49.1 Å². The van der Waals surface area contributed by atoms with Crippen LogP contribution in [0, 0.1) is 0 Å². The first-order valence-electron chi connectivity index (χ1n) is 9.01. The smallest absolute Gasteiger partial charge is 0.222 e. The van der Waals surface area contributed by atoms with E-state index in [1.807, 2.05) is 23.3 Å². The van der Waals surface area contributed by atoms with Crippen molar-refractivity contribution in [3.8, 4) is 10.4 Å². The second-order valence-corrected chi connectivity index (χ2v) is 8.64. The molecule has 4 rings (SSSR count). The highest BCUT2D eigenvalue weighted by atomic mass is 32.1. The van der Waals surface area contributed by atoms with E-state index in [1.54, 1.807) is 0 Å². The van der Waals surface area contributed by atoms with E-state index < -0.39 is 0 Å². The molecule has 0 spiro atoms. The maximum atomic E-state index is 12.1. The number of carbonyl (C=O) groups is 1. The molecular weight excluding hydrogens is 314 g/mol. The molecule has 0 saturated carbocycles. The summed E-state index contributed by atoms with van der Waals surface area (Å²) in [4.78, 5) is 16.9. The van der Waals surface area contributed by atoms with Crippen LogP contribution in [0.25, 0.3) is 10.4 Å². The van der Waals surface area contributed by atoms with E-state index in [4.69, 9.17) is 0 Å². The van der Waals surface area contributed by atoms with Crippen LogP contribution in [0.3, 0.4) is 0 Å². The number of thiophene rings is 1. The number of rotatable bonds is 2. The summed E-state index contributed by atoms with van der Waals surface area (Å²) in [6, 6.07) is 11.9. The molecule has 2 atom stereocenters. The molecule has 24 heavy (non-hydrogen) atoms. The van der Waals surface area contributed by atoms with Crippen molar-refractivity contribution in [1.82, 2.24) is 4.90 Å². The lowest BCUT2D eigenvalue weighted by atomic mass is 9.63. The largest absolute Gasteiger partial charge is 0.342 e. The molecule has 0 N–H and O–H groups in total. The van der Waals surface area contributed by atoms with Gasteiger partial charge in [0.25, 0.3) is 0 Å². The van der Waals surface area contributed by atoms with Gasteiger partial charge in [0.1, 0.15) is 0 Å². The third kappa shape index (κ3) is 2.33. The normalized spacial score (nSPS) is 26.2. The Morgan fingerprint density at radius 2 is 2.08 bits per heavy atom. The van der Waals surface area contributed by atoms with E-state index in [-0.39, 0.29) is 5.41 Å². The molecule has 0 radical (unpaired) electrons. The lowest BCUT2D eigenvalue weighted by Crippen LogP contribution is -2.56. The first-order chi connectivity index (χ1) is 11.5. The van der Waals surface area contributed by atoms with Crippen LogP contribution in [0.15, 0.2) is 30.3 Å². The first-order valence-corrected chi connectivity index (χ1v) is 9.82. The van der Waals surface area contributed by atoms with Gasteiger partial charge in [-0.25, -0.2) is 0 Å². The Morgan fingerprint density at radius 1 is 1.25 bits per heavy atom. The highest BCUT2D eigenvalue weighted by Crippen LogP contribution is 2.46. The lowest BCUT2D eigenvalue weighted by Gasteiger charge is -2.50. The third-order valence-electron chi connectivity index (χ3n) is 6.16. The number of carbonyl (C=O) groups excluding carboxylic acids is 1. The number of aryl methyl sites for hydroxylation is 2. The first kappa shape index (κ1) is 15.9. The van der Waals surface area contributed by atoms with E-state index in [2.05, 4.69) is 44.2 Å². The predicted octanol–water partition coefficient (Wildman–Crippen LogP) is 4.80. The minimum atomic E-state index is 0.110. The second-order valence-electron chi connectivity index (χ2n) is 7.47. The van der Waals surface area contributed by atoms with Gasteiger partial charge in [0.15, 0.2) is 0 Å².